The minimum Gasteiger partial charge on any atom is -0.343 e. The summed E-state index contributed by atoms with van der Waals surface area (Å²) in [5.74, 6) is 0.148. The number of rotatable bonds is 3. The van der Waals surface area contributed by atoms with E-state index in [2.05, 4.69) is 19.2 Å². The van der Waals surface area contributed by atoms with E-state index in [-0.39, 0.29) is 29.9 Å². The highest BCUT2D eigenvalue weighted by Crippen LogP contribution is 2.40. The number of carbonyl (C=O) groups is 2. The van der Waals surface area contributed by atoms with Crippen molar-refractivity contribution >= 4 is 11.8 Å². The largest absolute Gasteiger partial charge is 0.343 e. The zero-order valence-electron chi connectivity index (χ0n) is 12.5. The minimum atomic E-state index is -0.320. The molecule has 0 aromatic heterocycles. The molecule has 0 bridgehead atoms. The van der Waals surface area contributed by atoms with Crippen LogP contribution in [0.5, 0.6) is 0 Å². The third-order valence-electron chi connectivity index (χ3n) is 4.64. The van der Waals surface area contributed by atoms with Gasteiger partial charge in [-0.1, -0.05) is 27.7 Å². The molecule has 0 aromatic carbocycles. The highest BCUT2D eigenvalue weighted by Gasteiger charge is 2.45. The van der Waals surface area contributed by atoms with Crippen LogP contribution in [0.1, 0.15) is 59.8 Å². The summed E-state index contributed by atoms with van der Waals surface area (Å²) < 4.78 is 0. The van der Waals surface area contributed by atoms with Crippen molar-refractivity contribution in [2.45, 2.75) is 77.9 Å². The van der Waals surface area contributed by atoms with Gasteiger partial charge in [0.25, 0.3) is 0 Å². The Balaban J connectivity index is 2.23. The fourth-order valence-corrected chi connectivity index (χ4v) is 3.52. The summed E-state index contributed by atoms with van der Waals surface area (Å²) in [5, 5.41) is 2.86. The molecule has 3 atom stereocenters. The topological polar surface area (TPSA) is 49.4 Å². The average Bonchev–Trinajstić information content (AvgIpc) is 2.71. The molecule has 2 rings (SSSR count). The first kappa shape index (κ1) is 14.4. The Morgan fingerprint density at radius 3 is 2.42 bits per heavy atom. The monoisotopic (exact) mass is 266 g/mol. The lowest BCUT2D eigenvalue weighted by Crippen LogP contribution is -2.65. The molecule has 0 radical (unpaired) electrons. The maximum absolute atomic E-state index is 12.6. The molecule has 1 saturated heterocycles. The highest BCUT2D eigenvalue weighted by molar-refractivity contribution is 5.97. The van der Waals surface area contributed by atoms with Gasteiger partial charge < -0.3 is 10.2 Å². The Labute approximate surface area is 115 Å². The highest BCUT2D eigenvalue weighted by atomic mass is 16.2. The van der Waals surface area contributed by atoms with Gasteiger partial charge in [0, 0.05) is 6.04 Å². The van der Waals surface area contributed by atoms with Crippen LogP contribution >= 0.6 is 0 Å². The van der Waals surface area contributed by atoms with Crippen molar-refractivity contribution in [1.82, 2.24) is 10.2 Å². The number of piperazine rings is 1. The van der Waals surface area contributed by atoms with Crippen molar-refractivity contribution in [1.29, 1.82) is 0 Å². The molecule has 19 heavy (non-hydrogen) atoms. The molecule has 2 aliphatic rings. The van der Waals surface area contributed by atoms with Gasteiger partial charge in [-0.3, -0.25) is 9.59 Å². The van der Waals surface area contributed by atoms with Crippen LogP contribution < -0.4 is 5.32 Å². The van der Waals surface area contributed by atoms with E-state index in [1.54, 1.807) is 0 Å². The third-order valence-corrected chi connectivity index (χ3v) is 4.64. The maximum atomic E-state index is 12.6. The number of hydrogen-bond donors (Lipinski definition) is 1. The Morgan fingerprint density at radius 1 is 1.26 bits per heavy atom. The summed E-state index contributed by atoms with van der Waals surface area (Å²) in [7, 11) is 0. The molecule has 4 nitrogen and oxygen atoms in total. The van der Waals surface area contributed by atoms with Crippen molar-refractivity contribution in [3.63, 3.8) is 0 Å². The van der Waals surface area contributed by atoms with E-state index in [1.807, 2.05) is 18.7 Å². The summed E-state index contributed by atoms with van der Waals surface area (Å²) >= 11 is 0. The summed E-state index contributed by atoms with van der Waals surface area (Å²) in [4.78, 5) is 26.6. The molecule has 108 valence electrons. The maximum Gasteiger partial charge on any atom is 0.246 e. The van der Waals surface area contributed by atoms with Crippen LogP contribution in [-0.2, 0) is 9.59 Å². The summed E-state index contributed by atoms with van der Waals surface area (Å²) in [6.07, 6.45) is 4.55. The molecule has 3 unspecified atom stereocenters. The Kier molecular flexibility index (Phi) is 3.88. The minimum absolute atomic E-state index is 0.0265. The third kappa shape index (κ3) is 2.63. The molecule has 0 aromatic rings. The van der Waals surface area contributed by atoms with Gasteiger partial charge in [0.05, 0.1) is 0 Å². The zero-order chi connectivity index (χ0) is 14.2. The Morgan fingerprint density at radius 2 is 1.95 bits per heavy atom. The molecule has 1 saturated carbocycles. The second-order valence-electron chi connectivity index (χ2n) is 6.70. The van der Waals surface area contributed by atoms with Gasteiger partial charge in [-0.05, 0) is 37.5 Å². The predicted octanol–water partition coefficient (Wildman–Crippen LogP) is 2.08. The van der Waals surface area contributed by atoms with E-state index in [0.717, 1.165) is 19.3 Å². The molecule has 1 aliphatic heterocycles. The van der Waals surface area contributed by atoms with Crippen molar-refractivity contribution in [3.8, 4) is 0 Å². The Bertz CT molecular complexity index is 378. The number of nitrogens with zero attached hydrogens (tertiary/aromatic N) is 1. The number of carbonyl (C=O) groups excluding carboxylic acids is 2. The van der Waals surface area contributed by atoms with Crippen LogP contribution in [0.2, 0.25) is 0 Å². The zero-order valence-corrected chi connectivity index (χ0v) is 12.5. The van der Waals surface area contributed by atoms with Crippen molar-refractivity contribution in [2.75, 3.05) is 0 Å². The average molecular weight is 266 g/mol. The van der Waals surface area contributed by atoms with E-state index in [1.165, 1.54) is 0 Å². The van der Waals surface area contributed by atoms with Crippen LogP contribution in [0, 0.1) is 5.41 Å². The van der Waals surface area contributed by atoms with Crippen molar-refractivity contribution in [2.24, 2.45) is 5.41 Å². The van der Waals surface area contributed by atoms with Crippen LogP contribution in [0.25, 0.3) is 0 Å². The second-order valence-corrected chi connectivity index (χ2v) is 6.70. The number of nitrogens with one attached hydrogen (secondary N) is 1. The number of amides is 2. The van der Waals surface area contributed by atoms with E-state index in [9.17, 15) is 9.59 Å². The van der Waals surface area contributed by atoms with Crippen LogP contribution in [0.3, 0.4) is 0 Å². The predicted molar refractivity (Wildman–Crippen MR) is 74.6 cm³/mol. The molecule has 1 N–H and O–H groups in total. The summed E-state index contributed by atoms with van der Waals surface area (Å²) in [6, 6.07) is -0.347. The molecule has 2 fully saturated rings. The molecule has 2 amide bonds. The SMILES string of the molecule is CCC1NC(=O)C(CC)N(C2CCC(C)(C)C2)C1=O. The number of hydrogen-bond acceptors (Lipinski definition) is 2. The van der Waals surface area contributed by atoms with E-state index in [0.29, 0.717) is 18.3 Å². The van der Waals surface area contributed by atoms with Gasteiger partial charge in [0.2, 0.25) is 11.8 Å². The lowest BCUT2D eigenvalue weighted by Gasteiger charge is -2.42. The molecular weight excluding hydrogens is 240 g/mol. The quantitative estimate of drug-likeness (QED) is 0.850. The fourth-order valence-electron chi connectivity index (χ4n) is 3.52. The normalized spacial score (nSPS) is 34.5. The van der Waals surface area contributed by atoms with Gasteiger partial charge in [-0.15, -0.1) is 0 Å². The Hall–Kier alpha value is -1.06. The molecule has 1 aliphatic carbocycles. The van der Waals surface area contributed by atoms with E-state index in [4.69, 9.17) is 0 Å². The standard InChI is InChI=1S/C15H26N2O2/c1-5-11-14(19)17(12(6-2)13(18)16-11)10-7-8-15(3,4)9-10/h10-12H,5-9H2,1-4H3,(H,16,18). The first-order valence-corrected chi connectivity index (χ1v) is 7.52. The second kappa shape index (κ2) is 5.14. The van der Waals surface area contributed by atoms with Crippen molar-refractivity contribution in [3.05, 3.63) is 0 Å². The van der Waals surface area contributed by atoms with Crippen LogP contribution in [0.4, 0.5) is 0 Å². The van der Waals surface area contributed by atoms with Gasteiger partial charge in [-0.2, -0.15) is 0 Å². The smallest absolute Gasteiger partial charge is 0.246 e. The summed E-state index contributed by atoms with van der Waals surface area (Å²) in [6.45, 7) is 8.43. The first-order valence-electron chi connectivity index (χ1n) is 7.52. The molecule has 0 spiro atoms. The summed E-state index contributed by atoms with van der Waals surface area (Å²) in [5.41, 5.74) is 0.291. The van der Waals surface area contributed by atoms with Crippen LogP contribution in [-0.4, -0.2) is 34.8 Å². The first-order chi connectivity index (χ1) is 8.89. The fraction of sp³-hybridized carbons (Fsp3) is 0.867. The van der Waals surface area contributed by atoms with Gasteiger partial charge in [0.15, 0.2) is 0 Å². The lowest BCUT2D eigenvalue weighted by atomic mass is 9.91. The molecular formula is C15H26N2O2. The van der Waals surface area contributed by atoms with E-state index >= 15 is 0 Å². The van der Waals surface area contributed by atoms with E-state index < -0.39 is 0 Å². The van der Waals surface area contributed by atoms with Gasteiger partial charge in [-0.25, -0.2) is 0 Å². The van der Waals surface area contributed by atoms with Crippen LogP contribution in [0.15, 0.2) is 0 Å². The lowest BCUT2D eigenvalue weighted by molar-refractivity contribution is -0.152. The molecule has 1 heterocycles. The van der Waals surface area contributed by atoms with Gasteiger partial charge >= 0.3 is 0 Å². The van der Waals surface area contributed by atoms with Gasteiger partial charge in [0.1, 0.15) is 12.1 Å². The van der Waals surface area contributed by atoms with Crippen molar-refractivity contribution < 1.29 is 9.59 Å². The molecule has 4 heteroatoms.